The molecule has 0 bridgehead atoms. The summed E-state index contributed by atoms with van der Waals surface area (Å²) in [4.78, 5) is 12.3. The predicted octanol–water partition coefficient (Wildman–Crippen LogP) is 3.49. The number of morpholine rings is 1. The van der Waals surface area contributed by atoms with Gasteiger partial charge in [-0.1, -0.05) is 41.7 Å². The number of benzene rings is 1. The molecule has 1 aliphatic rings. The zero-order chi connectivity index (χ0) is 17.6. The van der Waals surface area contributed by atoms with E-state index in [0.717, 1.165) is 53.3 Å². The molecule has 7 heteroatoms. The number of thiazole rings is 1. The molecule has 132 valence electrons. The Hall–Kier alpha value is -2.77. The van der Waals surface area contributed by atoms with Gasteiger partial charge in [0.1, 0.15) is 0 Å². The molecule has 1 aromatic carbocycles. The van der Waals surface area contributed by atoms with E-state index in [2.05, 4.69) is 32.5 Å². The zero-order valence-corrected chi connectivity index (χ0v) is 15.0. The summed E-state index contributed by atoms with van der Waals surface area (Å²) in [5.74, 6) is 0. The molecule has 4 rings (SSSR count). The second-order valence-corrected chi connectivity index (χ2v) is 6.80. The van der Waals surface area contributed by atoms with E-state index in [1.165, 1.54) is 0 Å². The molecule has 1 fully saturated rings. The van der Waals surface area contributed by atoms with Crippen LogP contribution in [0.15, 0.2) is 60.0 Å². The van der Waals surface area contributed by atoms with Crippen LogP contribution < -0.4 is 10.3 Å². The predicted molar refractivity (Wildman–Crippen MR) is 106 cm³/mol. The largest absolute Gasteiger partial charge is 0.378 e. The van der Waals surface area contributed by atoms with Gasteiger partial charge >= 0.3 is 0 Å². The fourth-order valence-electron chi connectivity index (χ4n) is 2.69. The van der Waals surface area contributed by atoms with Gasteiger partial charge in [0.05, 0.1) is 41.9 Å². The fourth-order valence-corrected chi connectivity index (χ4v) is 3.71. The first-order valence-corrected chi connectivity index (χ1v) is 9.30. The summed E-state index contributed by atoms with van der Waals surface area (Å²) in [5, 5.41) is 5.38. The highest BCUT2D eigenvalue weighted by molar-refractivity contribution is 7.17. The fraction of sp³-hybridized carbons (Fsp3) is 0.211. The molecule has 3 heterocycles. The van der Waals surface area contributed by atoms with Crippen molar-refractivity contribution >= 4 is 28.4 Å². The Balaban J connectivity index is 1.61. The minimum Gasteiger partial charge on any atom is -0.378 e. The second kappa shape index (κ2) is 8.07. The minimum atomic E-state index is 0.742. The van der Waals surface area contributed by atoms with Gasteiger partial charge in [-0.3, -0.25) is 10.4 Å². The van der Waals surface area contributed by atoms with Gasteiger partial charge in [-0.05, 0) is 12.1 Å². The van der Waals surface area contributed by atoms with Gasteiger partial charge in [-0.25, -0.2) is 4.98 Å². The molecule has 0 atom stereocenters. The quantitative estimate of drug-likeness (QED) is 0.554. The zero-order valence-electron chi connectivity index (χ0n) is 14.2. The van der Waals surface area contributed by atoms with Crippen molar-refractivity contribution in [2.45, 2.75) is 0 Å². The lowest BCUT2D eigenvalue weighted by atomic mass is 10.1. The second-order valence-electron chi connectivity index (χ2n) is 5.79. The highest BCUT2D eigenvalue weighted by Gasteiger charge is 2.18. The molecular weight excluding hydrogens is 346 g/mol. The van der Waals surface area contributed by atoms with Crippen molar-refractivity contribution in [2.24, 2.45) is 5.10 Å². The van der Waals surface area contributed by atoms with E-state index < -0.39 is 0 Å². The van der Waals surface area contributed by atoms with Gasteiger partial charge in [-0.15, -0.1) is 0 Å². The van der Waals surface area contributed by atoms with Crippen LogP contribution in [0.2, 0.25) is 0 Å². The van der Waals surface area contributed by atoms with E-state index in [-0.39, 0.29) is 0 Å². The Labute approximate surface area is 156 Å². The van der Waals surface area contributed by atoms with Gasteiger partial charge in [0.25, 0.3) is 0 Å². The van der Waals surface area contributed by atoms with Crippen molar-refractivity contribution in [3.05, 3.63) is 59.7 Å². The van der Waals surface area contributed by atoms with Crippen LogP contribution in [-0.2, 0) is 4.74 Å². The molecule has 1 saturated heterocycles. The molecule has 0 aliphatic carbocycles. The molecular formula is C19H19N5OS. The lowest BCUT2D eigenvalue weighted by Gasteiger charge is -2.26. The molecule has 0 radical (unpaired) electrons. The summed E-state index contributed by atoms with van der Waals surface area (Å²) in [6, 6.07) is 14.0. The number of pyridine rings is 1. The van der Waals surface area contributed by atoms with Crippen LogP contribution in [0.4, 0.5) is 10.8 Å². The third-order valence-corrected chi connectivity index (χ3v) is 5.06. The van der Waals surface area contributed by atoms with Crippen LogP contribution in [0, 0.1) is 0 Å². The van der Waals surface area contributed by atoms with Crippen molar-refractivity contribution in [1.82, 2.24) is 9.97 Å². The number of ether oxygens (including phenoxy) is 1. The highest BCUT2D eigenvalue weighted by Crippen LogP contribution is 2.32. The maximum Gasteiger partial charge on any atom is 0.186 e. The Morgan fingerprint density at radius 2 is 1.96 bits per heavy atom. The number of rotatable bonds is 5. The van der Waals surface area contributed by atoms with E-state index in [9.17, 15) is 0 Å². The van der Waals surface area contributed by atoms with E-state index in [4.69, 9.17) is 9.72 Å². The Morgan fingerprint density at radius 3 is 2.73 bits per heavy atom. The van der Waals surface area contributed by atoms with E-state index >= 15 is 0 Å². The summed E-state index contributed by atoms with van der Waals surface area (Å²) >= 11 is 1.65. The van der Waals surface area contributed by atoms with Crippen molar-refractivity contribution < 1.29 is 4.74 Å². The van der Waals surface area contributed by atoms with Crippen molar-refractivity contribution in [3.8, 4) is 11.3 Å². The molecule has 0 saturated carbocycles. The van der Waals surface area contributed by atoms with Crippen LogP contribution in [-0.4, -0.2) is 42.5 Å². The number of nitrogens with one attached hydrogen (secondary N) is 1. The highest BCUT2D eigenvalue weighted by atomic mass is 32.1. The number of hydrogen-bond donors (Lipinski definition) is 1. The summed E-state index contributed by atoms with van der Waals surface area (Å²) < 4.78 is 5.45. The summed E-state index contributed by atoms with van der Waals surface area (Å²) in [6.07, 6.45) is 5.30. The molecule has 3 aromatic rings. The lowest BCUT2D eigenvalue weighted by molar-refractivity contribution is 0.122. The Morgan fingerprint density at radius 1 is 1.12 bits per heavy atom. The number of aromatic nitrogens is 2. The Kier molecular flexibility index (Phi) is 5.18. The first-order valence-electron chi connectivity index (χ1n) is 8.48. The maximum atomic E-state index is 5.45. The van der Waals surface area contributed by atoms with E-state index in [0.29, 0.717) is 0 Å². The number of anilines is 2. The van der Waals surface area contributed by atoms with Gasteiger partial charge in [0, 0.05) is 24.8 Å². The van der Waals surface area contributed by atoms with Crippen molar-refractivity contribution in [2.75, 3.05) is 36.6 Å². The normalized spacial score (nSPS) is 14.7. The first kappa shape index (κ1) is 16.7. The number of hydrazone groups is 1. The molecule has 0 unspecified atom stereocenters. The Bertz CT molecular complexity index is 860. The summed E-state index contributed by atoms with van der Waals surface area (Å²) in [6.45, 7) is 3.22. The monoisotopic (exact) mass is 365 g/mol. The first-order chi connectivity index (χ1) is 12.9. The van der Waals surface area contributed by atoms with Crippen LogP contribution in [0.25, 0.3) is 11.3 Å². The van der Waals surface area contributed by atoms with Gasteiger partial charge in [0.2, 0.25) is 0 Å². The SMILES string of the molecule is C(=NNc1cccnc1)c1sc(N2CCOCC2)nc1-c1ccccc1. The molecule has 0 spiro atoms. The molecule has 2 aromatic heterocycles. The van der Waals surface area contributed by atoms with Crippen LogP contribution in [0.3, 0.4) is 0 Å². The molecule has 1 aliphatic heterocycles. The van der Waals surface area contributed by atoms with E-state index in [1.807, 2.05) is 36.5 Å². The standard InChI is InChI=1S/C19H19N5OS/c1-2-5-15(6-3-1)18-17(14-21-23-16-7-4-8-20-13-16)26-19(22-18)24-9-11-25-12-10-24/h1-8,13-14,23H,9-12H2. The third kappa shape index (κ3) is 3.89. The van der Waals surface area contributed by atoms with Crippen molar-refractivity contribution in [3.63, 3.8) is 0 Å². The maximum absolute atomic E-state index is 5.45. The van der Waals surface area contributed by atoms with Gasteiger partial charge in [0.15, 0.2) is 5.13 Å². The van der Waals surface area contributed by atoms with Crippen LogP contribution >= 0.6 is 11.3 Å². The number of hydrogen-bond acceptors (Lipinski definition) is 7. The van der Waals surface area contributed by atoms with E-state index in [1.54, 1.807) is 23.7 Å². The van der Waals surface area contributed by atoms with Gasteiger partial charge < -0.3 is 9.64 Å². The molecule has 6 nitrogen and oxygen atoms in total. The average Bonchev–Trinajstić information content (AvgIpc) is 3.14. The van der Waals surface area contributed by atoms with Crippen LogP contribution in [0.1, 0.15) is 4.88 Å². The summed E-state index contributed by atoms with van der Waals surface area (Å²) in [5.41, 5.74) is 5.90. The number of nitrogens with zero attached hydrogens (tertiary/aromatic N) is 4. The molecule has 26 heavy (non-hydrogen) atoms. The third-order valence-electron chi connectivity index (χ3n) is 4.01. The summed E-state index contributed by atoms with van der Waals surface area (Å²) in [7, 11) is 0. The molecule has 0 amide bonds. The average molecular weight is 365 g/mol. The molecule has 1 N–H and O–H groups in total. The topological polar surface area (TPSA) is 62.6 Å². The minimum absolute atomic E-state index is 0.742. The lowest BCUT2D eigenvalue weighted by Crippen LogP contribution is -2.36. The van der Waals surface area contributed by atoms with Crippen molar-refractivity contribution in [1.29, 1.82) is 0 Å². The van der Waals surface area contributed by atoms with Gasteiger partial charge in [-0.2, -0.15) is 5.10 Å². The smallest absolute Gasteiger partial charge is 0.186 e. The van der Waals surface area contributed by atoms with Crippen LogP contribution in [0.5, 0.6) is 0 Å².